The van der Waals surface area contributed by atoms with Crippen LogP contribution in [0.2, 0.25) is 0 Å². The maximum absolute atomic E-state index is 11.1. The monoisotopic (exact) mass is 305 g/mol. The fourth-order valence-electron chi connectivity index (χ4n) is 3.10. The van der Waals surface area contributed by atoms with Gasteiger partial charge in [-0.25, -0.2) is 0 Å². The molecule has 0 bridgehead atoms. The maximum atomic E-state index is 11.1. The molecule has 1 aliphatic heterocycles. The van der Waals surface area contributed by atoms with Crippen LogP contribution < -0.4 is 0 Å². The molecule has 0 aliphatic carbocycles. The average molecular weight is 305 g/mol. The Labute approximate surface area is 138 Å². The Morgan fingerprint density at radius 3 is 2.48 bits per heavy atom. The molecule has 2 nitrogen and oxygen atoms in total. The van der Waals surface area contributed by atoms with Crippen molar-refractivity contribution >= 4 is 11.9 Å². The first-order valence-electron chi connectivity index (χ1n) is 8.31. The minimum Gasteiger partial charge on any atom is -0.300 e. The van der Waals surface area contributed by atoms with Crippen LogP contribution in [0, 0.1) is 6.92 Å². The number of nitrogens with zero attached hydrogens (tertiary/aromatic N) is 1. The van der Waals surface area contributed by atoms with E-state index in [4.69, 9.17) is 0 Å². The lowest BCUT2D eigenvalue weighted by Gasteiger charge is -2.15. The van der Waals surface area contributed by atoms with Gasteiger partial charge in [0.05, 0.1) is 0 Å². The zero-order chi connectivity index (χ0) is 16.1. The van der Waals surface area contributed by atoms with E-state index < -0.39 is 0 Å². The molecular formula is C21H23NO. The second-order valence-electron chi connectivity index (χ2n) is 6.23. The van der Waals surface area contributed by atoms with Crippen molar-refractivity contribution in [1.82, 2.24) is 4.90 Å². The van der Waals surface area contributed by atoms with E-state index in [1.54, 1.807) is 0 Å². The van der Waals surface area contributed by atoms with E-state index in [-0.39, 0.29) is 0 Å². The number of aryl methyl sites for hydroxylation is 1. The van der Waals surface area contributed by atoms with Crippen LogP contribution in [0.5, 0.6) is 0 Å². The zero-order valence-electron chi connectivity index (χ0n) is 13.7. The van der Waals surface area contributed by atoms with Crippen LogP contribution in [-0.2, 0) is 0 Å². The molecular weight excluding hydrogens is 282 g/mol. The van der Waals surface area contributed by atoms with Crippen LogP contribution >= 0.6 is 0 Å². The van der Waals surface area contributed by atoms with Gasteiger partial charge in [0.2, 0.25) is 0 Å². The Kier molecular flexibility index (Phi) is 5.04. The number of carbonyl (C=O) groups is 1. The summed E-state index contributed by atoms with van der Waals surface area (Å²) in [5.41, 5.74) is 5.51. The summed E-state index contributed by atoms with van der Waals surface area (Å²) in [5.74, 6) is 0. The van der Waals surface area contributed by atoms with E-state index >= 15 is 0 Å². The molecule has 1 fully saturated rings. The molecule has 0 saturated carbocycles. The van der Waals surface area contributed by atoms with Crippen LogP contribution in [0.4, 0.5) is 0 Å². The molecule has 0 amide bonds. The number of benzene rings is 2. The predicted octanol–water partition coefficient (Wildman–Crippen LogP) is 4.34. The number of aldehydes is 1. The summed E-state index contributed by atoms with van der Waals surface area (Å²) in [4.78, 5) is 13.6. The first kappa shape index (κ1) is 15.7. The molecule has 0 atom stereocenters. The van der Waals surface area contributed by atoms with Crippen molar-refractivity contribution in [3.63, 3.8) is 0 Å². The fraction of sp³-hybridized carbons (Fsp3) is 0.286. The van der Waals surface area contributed by atoms with Crippen molar-refractivity contribution in [3.05, 3.63) is 76.9 Å². The quantitative estimate of drug-likeness (QED) is 0.766. The van der Waals surface area contributed by atoms with Gasteiger partial charge >= 0.3 is 0 Å². The van der Waals surface area contributed by atoms with Crippen molar-refractivity contribution in [2.24, 2.45) is 0 Å². The Hall–Kier alpha value is -2.19. The van der Waals surface area contributed by atoms with Gasteiger partial charge in [0.15, 0.2) is 0 Å². The highest BCUT2D eigenvalue weighted by Crippen LogP contribution is 2.25. The average Bonchev–Trinajstić information content (AvgIpc) is 3.10. The van der Waals surface area contributed by atoms with Crippen LogP contribution in [0.25, 0.3) is 5.57 Å². The predicted molar refractivity (Wildman–Crippen MR) is 95.8 cm³/mol. The lowest BCUT2D eigenvalue weighted by molar-refractivity contribution is 0.112. The van der Waals surface area contributed by atoms with E-state index in [2.05, 4.69) is 48.2 Å². The molecule has 2 aromatic rings. The molecule has 0 aromatic heterocycles. The zero-order valence-corrected chi connectivity index (χ0v) is 13.7. The van der Waals surface area contributed by atoms with Gasteiger partial charge in [0.1, 0.15) is 6.29 Å². The maximum Gasteiger partial charge on any atom is 0.150 e. The molecule has 118 valence electrons. The summed E-state index contributed by atoms with van der Waals surface area (Å²) < 4.78 is 0. The summed E-state index contributed by atoms with van der Waals surface area (Å²) >= 11 is 0. The molecule has 1 heterocycles. The van der Waals surface area contributed by atoms with Gasteiger partial charge in [-0.3, -0.25) is 9.69 Å². The number of hydrogen-bond acceptors (Lipinski definition) is 2. The molecule has 2 aromatic carbocycles. The minimum atomic E-state index is 0.724. The van der Waals surface area contributed by atoms with Crippen LogP contribution in [0.3, 0.4) is 0 Å². The number of likely N-dealkylation sites (tertiary alicyclic amines) is 1. The molecule has 2 heteroatoms. The smallest absolute Gasteiger partial charge is 0.150 e. The van der Waals surface area contributed by atoms with E-state index in [9.17, 15) is 4.79 Å². The third-order valence-electron chi connectivity index (χ3n) is 4.45. The lowest BCUT2D eigenvalue weighted by atomic mass is 9.95. The molecule has 1 saturated heterocycles. The summed E-state index contributed by atoms with van der Waals surface area (Å²) in [5, 5.41) is 0. The summed E-state index contributed by atoms with van der Waals surface area (Å²) in [6.07, 6.45) is 5.82. The Bertz CT molecular complexity index is 694. The molecule has 0 spiro atoms. The van der Waals surface area contributed by atoms with Gasteiger partial charge in [-0.15, -0.1) is 0 Å². The van der Waals surface area contributed by atoms with Crippen molar-refractivity contribution in [3.8, 4) is 0 Å². The number of carbonyl (C=O) groups excluding carboxylic acids is 1. The third-order valence-corrected chi connectivity index (χ3v) is 4.45. The van der Waals surface area contributed by atoms with Crippen LogP contribution in [-0.4, -0.2) is 30.8 Å². The molecule has 3 rings (SSSR count). The first-order chi connectivity index (χ1) is 11.3. The summed E-state index contributed by atoms with van der Waals surface area (Å²) in [7, 11) is 0. The second kappa shape index (κ2) is 7.38. The highest BCUT2D eigenvalue weighted by atomic mass is 16.1. The first-order valence-corrected chi connectivity index (χ1v) is 8.31. The Balaban J connectivity index is 1.95. The third kappa shape index (κ3) is 3.96. The fourth-order valence-corrected chi connectivity index (χ4v) is 3.10. The van der Waals surface area contributed by atoms with Crippen molar-refractivity contribution < 1.29 is 4.79 Å². The number of rotatable bonds is 5. The highest BCUT2D eigenvalue weighted by molar-refractivity contribution is 5.83. The number of hydrogen-bond donors (Lipinski definition) is 0. The summed E-state index contributed by atoms with van der Waals surface area (Å²) in [6, 6.07) is 16.5. The van der Waals surface area contributed by atoms with Gasteiger partial charge < -0.3 is 0 Å². The SMILES string of the molecule is Cc1ccc(/C(=C/CN2CCCC2)c2cccc(C=O)c2)cc1. The standard InChI is InChI=1S/C21H23NO/c1-17-7-9-19(10-8-17)21(11-14-22-12-2-3-13-22)20-6-4-5-18(15-20)16-23/h4-11,15-16H,2-3,12-14H2,1H3/b21-11-. The lowest BCUT2D eigenvalue weighted by Crippen LogP contribution is -2.19. The van der Waals surface area contributed by atoms with E-state index in [0.717, 1.165) is 24.0 Å². The van der Waals surface area contributed by atoms with Gasteiger partial charge in [0.25, 0.3) is 0 Å². The van der Waals surface area contributed by atoms with Gasteiger partial charge in [-0.05, 0) is 55.6 Å². The van der Waals surface area contributed by atoms with Crippen molar-refractivity contribution in [1.29, 1.82) is 0 Å². The van der Waals surface area contributed by atoms with Gasteiger partial charge in [-0.2, -0.15) is 0 Å². The molecule has 0 radical (unpaired) electrons. The summed E-state index contributed by atoms with van der Waals surface area (Å²) in [6.45, 7) is 5.44. The highest BCUT2D eigenvalue weighted by Gasteiger charge is 2.11. The normalized spacial score (nSPS) is 15.8. The Morgan fingerprint density at radius 2 is 1.78 bits per heavy atom. The van der Waals surface area contributed by atoms with Crippen molar-refractivity contribution in [2.75, 3.05) is 19.6 Å². The molecule has 0 unspecified atom stereocenters. The molecule has 23 heavy (non-hydrogen) atoms. The topological polar surface area (TPSA) is 20.3 Å². The Morgan fingerprint density at radius 1 is 1.04 bits per heavy atom. The van der Waals surface area contributed by atoms with Gasteiger partial charge in [-0.1, -0.05) is 54.1 Å². The van der Waals surface area contributed by atoms with Crippen molar-refractivity contribution in [2.45, 2.75) is 19.8 Å². The van der Waals surface area contributed by atoms with E-state index in [1.165, 1.54) is 42.6 Å². The van der Waals surface area contributed by atoms with E-state index in [1.807, 2.05) is 18.2 Å². The molecule has 0 N–H and O–H groups in total. The van der Waals surface area contributed by atoms with E-state index in [0.29, 0.717) is 0 Å². The van der Waals surface area contributed by atoms with Crippen LogP contribution in [0.1, 0.15) is 39.9 Å². The molecule has 1 aliphatic rings. The second-order valence-corrected chi connectivity index (χ2v) is 6.23. The van der Waals surface area contributed by atoms with Crippen LogP contribution in [0.15, 0.2) is 54.6 Å². The minimum absolute atomic E-state index is 0.724. The van der Waals surface area contributed by atoms with Gasteiger partial charge in [0, 0.05) is 12.1 Å². The largest absolute Gasteiger partial charge is 0.300 e.